The first kappa shape index (κ1) is 10.8. The van der Waals surface area contributed by atoms with Crippen molar-refractivity contribution in [3.63, 3.8) is 0 Å². The number of nitrogens with zero attached hydrogens (tertiary/aromatic N) is 2. The number of benzene rings is 1. The van der Waals surface area contributed by atoms with Crippen molar-refractivity contribution in [1.29, 1.82) is 0 Å². The molecular weight excluding hydrogens is 226 g/mol. The molecule has 7 nitrogen and oxygen atoms in total. The van der Waals surface area contributed by atoms with Gasteiger partial charge in [0.2, 0.25) is 5.82 Å². The summed E-state index contributed by atoms with van der Waals surface area (Å²) in [5, 5.41) is 23.3. The average molecular weight is 233 g/mol. The quantitative estimate of drug-likeness (QED) is 0.724. The number of carboxylic acid groups (broad SMARTS) is 2. The second-order valence-electron chi connectivity index (χ2n) is 3.20. The number of aromatic amines is 1. The molecular formula is C10H7N3O4. The topological polar surface area (TPSA) is 116 Å². The number of hydrogen-bond acceptors (Lipinski definition) is 4. The third-order valence-corrected chi connectivity index (χ3v) is 2.08. The third-order valence-electron chi connectivity index (χ3n) is 2.08. The van der Waals surface area contributed by atoms with Crippen molar-refractivity contribution in [1.82, 2.24) is 15.2 Å². The zero-order chi connectivity index (χ0) is 12.4. The molecule has 0 fully saturated rings. The van der Waals surface area contributed by atoms with Crippen LogP contribution in [0.1, 0.15) is 21.0 Å². The maximum Gasteiger partial charge on any atom is 0.373 e. The van der Waals surface area contributed by atoms with Crippen LogP contribution in [-0.4, -0.2) is 37.3 Å². The highest BCUT2D eigenvalue weighted by Crippen LogP contribution is 2.15. The van der Waals surface area contributed by atoms with Crippen LogP contribution in [0.3, 0.4) is 0 Å². The fraction of sp³-hybridized carbons (Fsp3) is 0. The van der Waals surface area contributed by atoms with Crippen LogP contribution < -0.4 is 0 Å². The fourth-order valence-corrected chi connectivity index (χ4v) is 1.25. The minimum absolute atomic E-state index is 0.141. The van der Waals surface area contributed by atoms with Crippen LogP contribution in [0.2, 0.25) is 0 Å². The van der Waals surface area contributed by atoms with Crippen LogP contribution in [0.25, 0.3) is 11.4 Å². The van der Waals surface area contributed by atoms with Crippen LogP contribution >= 0.6 is 0 Å². The number of carbonyl (C=O) groups is 2. The van der Waals surface area contributed by atoms with Crippen LogP contribution in [-0.2, 0) is 0 Å². The molecule has 0 radical (unpaired) electrons. The Labute approximate surface area is 94.7 Å². The van der Waals surface area contributed by atoms with Crippen molar-refractivity contribution in [2.45, 2.75) is 0 Å². The SMILES string of the molecule is O=C(O)c1ccc(-c2n[nH]c(C(=O)O)n2)cc1. The number of rotatable bonds is 3. The van der Waals surface area contributed by atoms with E-state index < -0.39 is 11.9 Å². The molecule has 0 amide bonds. The van der Waals surface area contributed by atoms with Crippen LogP contribution in [0.4, 0.5) is 0 Å². The molecule has 0 saturated heterocycles. The van der Waals surface area contributed by atoms with Gasteiger partial charge in [-0.2, -0.15) is 5.10 Å². The Kier molecular flexibility index (Phi) is 2.57. The highest BCUT2D eigenvalue weighted by Gasteiger charge is 2.11. The molecule has 1 aromatic carbocycles. The molecule has 1 aromatic heterocycles. The van der Waals surface area contributed by atoms with E-state index in [-0.39, 0.29) is 17.2 Å². The molecule has 86 valence electrons. The molecule has 0 aliphatic heterocycles. The van der Waals surface area contributed by atoms with Gasteiger partial charge in [0.1, 0.15) is 0 Å². The highest BCUT2D eigenvalue weighted by molar-refractivity contribution is 5.88. The third kappa shape index (κ3) is 2.12. The largest absolute Gasteiger partial charge is 0.478 e. The Balaban J connectivity index is 2.33. The summed E-state index contributed by atoms with van der Waals surface area (Å²) < 4.78 is 0. The Morgan fingerprint density at radius 2 is 1.71 bits per heavy atom. The van der Waals surface area contributed by atoms with Gasteiger partial charge in [-0.1, -0.05) is 12.1 Å². The molecule has 0 aliphatic rings. The van der Waals surface area contributed by atoms with E-state index in [4.69, 9.17) is 10.2 Å². The molecule has 2 aromatic rings. The smallest absolute Gasteiger partial charge is 0.373 e. The molecule has 0 saturated carbocycles. The Bertz CT molecular complexity index is 573. The summed E-state index contributed by atoms with van der Waals surface area (Å²) in [7, 11) is 0. The summed E-state index contributed by atoms with van der Waals surface area (Å²) in [6.45, 7) is 0. The lowest BCUT2D eigenvalue weighted by Crippen LogP contribution is -1.98. The molecule has 0 spiro atoms. The number of H-pyrrole nitrogens is 1. The molecule has 17 heavy (non-hydrogen) atoms. The summed E-state index contributed by atoms with van der Waals surface area (Å²) in [4.78, 5) is 24.9. The van der Waals surface area contributed by atoms with Gasteiger partial charge in [-0.3, -0.25) is 5.10 Å². The lowest BCUT2D eigenvalue weighted by molar-refractivity contribution is 0.0678. The predicted molar refractivity (Wildman–Crippen MR) is 55.7 cm³/mol. The zero-order valence-electron chi connectivity index (χ0n) is 8.41. The van der Waals surface area contributed by atoms with Gasteiger partial charge < -0.3 is 10.2 Å². The van der Waals surface area contributed by atoms with Gasteiger partial charge in [-0.25, -0.2) is 14.6 Å². The fourth-order valence-electron chi connectivity index (χ4n) is 1.25. The summed E-state index contributed by atoms with van der Waals surface area (Å²) in [6.07, 6.45) is 0. The molecule has 0 bridgehead atoms. The second-order valence-corrected chi connectivity index (χ2v) is 3.20. The summed E-state index contributed by atoms with van der Waals surface area (Å²) in [5.41, 5.74) is 0.682. The van der Waals surface area contributed by atoms with Crippen LogP contribution in [0.15, 0.2) is 24.3 Å². The first-order chi connectivity index (χ1) is 8.08. The van der Waals surface area contributed by atoms with E-state index in [1.54, 1.807) is 0 Å². The number of aromatic carboxylic acids is 2. The van der Waals surface area contributed by atoms with E-state index in [1.165, 1.54) is 24.3 Å². The van der Waals surface area contributed by atoms with Gasteiger partial charge in [-0.15, -0.1) is 0 Å². The molecule has 7 heteroatoms. The lowest BCUT2D eigenvalue weighted by atomic mass is 10.1. The van der Waals surface area contributed by atoms with Crippen molar-refractivity contribution < 1.29 is 19.8 Å². The van der Waals surface area contributed by atoms with Gasteiger partial charge >= 0.3 is 11.9 Å². The standard InChI is InChI=1S/C10H7N3O4/c14-9(15)6-3-1-5(2-4-6)7-11-8(10(16)17)13-12-7/h1-4H,(H,14,15)(H,16,17)(H,11,12,13). The van der Waals surface area contributed by atoms with E-state index in [0.29, 0.717) is 5.56 Å². The average Bonchev–Trinajstić information content (AvgIpc) is 2.78. The molecule has 0 unspecified atom stereocenters. The van der Waals surface area contributed by atoms with Crippen molar-refractivity contribution in [2.24, 2.45) is 0 Å². The van der Waals surface area contributed by atoms with Gasteiger partial charge in [-0.05, 0) is 12.1 Å². The first-order valence-electron chi connectivity index (χ1n) is 4.57. The number of aromatic nitrogens is 3. The Hall–Kier alpha value is -2.70. The predicted octanol–water partition coefficient (Wildman–Crippen LogP) is 0.868. The van der Waals surface area contributed by atoms with E-state index in [1.807, 2.05) is 0 Å². The van der Waals surface area contributed by atoms with Gasteiger partial charge in [0.15, 0.2) is 5.82 Å². The van der Waals surface area contributed by atoms with Crippen molar-refractivity contribution >= 4 is 11.9 Å². The van der Waals surface area contributed by atoms with Crippen LogP contribution in [0.5, 0.6) is 0 Å². The second kappa shape index (κ2) is 4.05. The number of carboxylic acids is 2. The van der Waals surface area contributed by atoms with Crippen LogP contribution in [0, 0.1) is 0 Å². The normalized spacial score (nSPS) is 10.1. The molecule has 3 N–H and O–H groups in total. The molecule has 0 aliphatic carbocycles. The summed E-state index contributed by atoms with van der Waals surface area (Å²) >= 11 is 0. The lowest BCUT2D eigenvalue weighted by Gasteiger charge is -1.96. The minimum atomic E-state index is -1.20. The maximum absolute atomic E-state index is 10.6. The van der Waals surface area contributed by atoms with Gasteiger partial charge in [0.25, 0.3) is 0 Å². The Morgan fingerprint density at radius 3 is 2.18 bits per heavy atom. The molecule has 1 heterocycles. The summed E-state index contributed by atoms with van der Waals surface area (Å²) in [6, 6.07) is 5.82. The van der Waals surface area contributed by atoms with E-state index >= 15 is 0 Å². The zero-order valence-corrected chi connectivity index (χ0v) is 8.41. The minimum Gasteiger partial charge on any atom is -0.478 e. The van der Waals surface area contributed by atoms with E-state index in [0.717, 1.165) is 0 Å². The van der Waals surface area contributed by atoms with Gasteiger partial charge in [0.05, 0.1) is 5.56 Å². The van der Waals surface area contributed by atoms with E-state index in [2.05, 4.69) is 15.2 Å². The number of hydrogen-bond donors (Lipinski definition) is 3. The Morgan fingerprint density at radius 1 is 1.06 bits per heavy atom. The van der Waals surface area contributed by atoms with Crippen molar-refractivity contribution in [3.05, 3.63) is 35.7 Å². The maximum atomic E-state index is 10.6. The first-order valence-corrected chi connectivity index (χ1v) is 4.57. The summed E-state index contributed by atoms with van der Waals surface area (Å²) in [5.74, 6) is -2.29. The molecule has 0 atom stereocenters. The van der Waals surface area contributed by atoms with E-state index in [9.17, 15) is 9.59 Å². The molecule has 2 rings (SSSR count). The van der Waals surface area contributed by atoms with Crippen molar-refractivity contribution in [2.75, 3.05) is 0 Å². The monoisotopic (exact) mass is 233 g/mol. The van der Waals surface area contributed by atoms with Gasteiger partial charge in [0, 0.05) is 5.56 Å². The van der Waals surface area contributed by atoms with Crippen molar-refractivity contribution in [3.8, 4) is 11.4 Å². The number of nitrogens with one attached hydrogen (secondary N) is 1. The highest BCUT2D eigenvalue weighted by atomic mass is 16.4.